The molecule has 3 nitrogen and oxygen atoms in total. The van der Waals surface area contributed by atoms with Crippen LogP contribution in [-0.4, -0.2) is 37.7 Å². The zero-order valence-corrected chi connectivity index (χ0v) is 13.9. The van der Waals surface area contributed by atoms with E-state index in [1.165, 1.54) is 29.5 Å². The van der Waals surface area contributed by atoms with Crippen molar-refractivity contribution in [1.29, 1.82) is 0 Å². The van der Waals surface area contributed by atoms with Crippen LogP contribution in [0.5, 0.6) is 0 Å². The first-order valence-electron chi connectivity index (χ1n) is 8.11. The first kappa shape index (κ1) is 16.5. The molecule has 2 rings (SSSR count). The van der Waals surface area contributed by atoms with Crippen molar-refractivity contribution < 1.29 is 4.74 Å². The van der Waals surface area contributed by atoms with Crippen LogP contribution in [0.25, 0.3) is 0 Å². The molecule has 1 aromatic carbocycles. The lowest BCUT2D eigenvalue weighted by atomic mass is 9.95. The van der Waals surface area contributed by atoms with Crippen molar-refractivity contribution in [3.8, 4) is 0 Å². The third-order valence-electron chi connectivity index (χ3n) is 5.01. The largest absolute Gasteiger partial charge is 0.383 e. The predicted molar refractivity (Wildman–Crippen MR) is 88.5 cm³/mol. The Hall–Kier alpha value is -0.900. The summed E-state index contributed by atoms with van der Waals surface area (Å²) in [6.07, 6.45) is 2.71. The maximum atomic E-state index is 6.17. The minimum absolute atomic E-state index is 0.288. The molecule has 1 saturated carbocycles. The van der Waals surface area contributed by atoms with Crippen molar-refractivity contribution in [3.63, 3.8) is 0 Å². The molecular formula is C18H30N2O. The molecule has 21 heavy (non-hydrogen) atoms. The molecule has 1 aliphatic carbocycles. The van der Waals surface area contributed by atoms with Crippen LogP contribution in [0.1, 0.15) is 42.5 Å². The summed E-state index contributed by atoms with van der Waals surface area (Å²) < 4.78 is 5.32. The number of aryl methyl sites for hydroxylation is 1. The van der Waals surface area contributed by atoms with Crippen LogP contribution < -0.4 is 5.73 Å². The Morgan fingerprint density at radius 1 is 1.33 bits per heavy atom. The molecule has 1 aliphatic rings. The lowest BCUT2D eigenvalue weighted by molar-refractivity contribution is 0.0832. The molecule has 2 atom stereocenters. The quantitative estimate of drug-likeness (QED) is 0.800. The van der Waals surface area contributed by atoms with E-state index in [0.717, 1.165) is 19.1 Å². The van der Waals surface area contributed by atoms with Gasteiger partial charge in [-0.15, -0.1) is 0 Å². The van der Waals surface area contributed by atoms with Crippen molar-refractivity contribution in [1.82, 2.24) is 4.90 Å². The fraction of sp³-hybridized carbons (Fsp3) is 0.667. The third kappa shape index (κ3) is 3.85. The van der Waals surface area contributed by atoms with E-state index >= 15 is 0 Å². The Labute approximate surface area is 129 Å². The maximum Gasteiger partial charge on any atom is 0.0590 e. The summed E-state index contributed by atoms with van der Waals surface area (Å²) in [6.45, 7) is 9.11. The van der Waals surface area contributed by atoms with Crippen molar-refractivity contribution >= 4 is 0 Å². The zero-order chi connectivity index (χ0) is 15.4. The molecule has 0 aliphatic heterocycles. The Morgan fingerprint density at radius 2 is 2.05 bits per heavy atom. The molecule has 2 N–H and O–H groups in total. The number of methoxy groups -OCH3 is 1. The number of hydrogen-bond acceptors (Lipinski definition) is 3. The lowest BCUT2D eigenvalue weighted by Crippen LogP contribution is -2.43. The third-order valence-corrected chi connectivity index (χ3v) is 5.01. The van der Waals surface area contributed by atoms with Gasteiger partial charge >= 0.3 is 0 Å². The summed E-state index contributed by atoms with van der Waals surface area (Å²) in [7, 11) is 1.77. The van der Waals surface area contributed by atoms with E-state index in [1.807, 2.05) is 0 Å². The van der Waals surface area contributed by atoms with Gasteiger partial charge in [0.05, 0.1) is 6.61 Å². The van der Waals surface area contributed by atoms with Crippen molar-refractivity contribution in [2.45, 2.75) is 45.7 Å². The van der Waals surface area contributed by atoms with Crippen molar-refractivity contribution in [3.05, 3.63) is 34.9 Å². The second-order valence-corrected chi connectivity index (χ2v) is 6.35. The van der Waals surface area contributed by atoms with Gasteiger partial charge in [0.15, 0.2) is 0 Å². The van der Waals surface area contributed by atoms with Gasteiger partial charge in [-0.2, -0.15) is 0 Å². The second kappa shape index (κ2) is 7.39. The van der Waals surface area contributed by atoms with Gasteiger partial charge < -0.3 is 10.5 Å². The number of hydrogen-bond donors (Lipinski definition) is 1. The highest BCUT2D eigenvalue weighted by Crippen LogP contribution is 2.38. The highest BCUT2D eigenvalue weighted by atomic mass is 16.5. The van der Waals surface area contributed by atoms with E-state index in [4.69, 9.17) is 10.5 Å². The van der Waals surface area contributed by atoms with Gasteiger partial charge in [-0.25, -0.2) is 0 Å². The summed E-state index contributed by atoms with van der Waals surface area (Å²) in [6, 6.07) is 7.43. The highest BCUT2D eigenvalue weighted by Gasteiger charge is 2.35. The van der Waals surface area contributed by atoms with E-state index in [-0.39, 0.29) is 6.04 Å². The molecule has 0 spiro atoms. The van der Waals surface area contributed by atoms with Crippen molar-refractivity contribution in [2.75, 3.05) is 26.8 Å². The van der Waals surface area contributed by atoms with Crippen LogP contribution in [0, 0.1) is 19.8 Å². The standard InChI is InChI=1S/C18H30N2O/c1-13-6-5-7-17(14(13)2)18(12-19)20(10-11-21-4)15(3)16-8-9-16/h5-7,15-16,18H,8-12,19H2,1-4H3. The van der Waals surface area contributed by atoms with Crippen molar-refractivity contribution in [2.24, 2.45) is 11.7 Å². The number of nitrogens with two attached hydrogens (primary N) is 1. The first-order valence-corrected chi connectivity index (χ1v) is 8.11. The Bertz CT molecular complexity index is 457. The molecule has 0 aromatic heterocycles. The average molecular weight is 290 g/mol. The van der Waals surface area contributed by atoms with E-state index in [1.54, 1.807) is 7.11 Å². The number of ether oxygens (including phenoxy) is 1. The van der Waals surface area contributed by atoms with Crippen LogP contribution in [0.2, 0.25) is 0 Å². The first-order chi connectivity index (χ1) is 10.1. The number of rotatable bonds is 8. The second-order valence-electron chi connectivity index (χ2n) is 6.35. The van der Waals surface area contributed by atoms with Gasteiger partial charge in [0.2, 0.25) is 0 Å². The molecular weight excluding hydrogens is 260 g/mol. The molecule has 118 valence electrons. The van der Waals surface area contributed by atoms with Gasteiger partial charge in [0, 0.05) is 32.3 Å². The van der Waals surface area contributed by atoms with Crippen LogP contribution in [0.15, 0.2) is 18.2 Å². The smallest absolute Gasteiger partial charge is 0.0590 e. The van der Waals surface area contributed by atoms with E-state index < -0.39 is 0 Å². The molecule has 0 bridgehead atoms. The molecule has 1 aromatic rings. The van der Waals surface area contributed by atoms with Crippen LogP contribution in [0.3, 0.4) is 0 Å². The minimum atomic E-state index is 0.288. The van der Waals surface area contributed by atoms with Gasteiger partial charge in [-0.3, -0.25) is 4.90 Å². The van der Waals surface area contributed by atoms with Gasteiger partial charge in [0.25, 0.3) is 0 Å². The fourth-order valence-electron chi connectivity index (χ4n) is 3.27. The highest BCUT2D eigenvalue weighted by molar-refractivity contribution is 5.35. The molecule has 1 fully saturated rings. The van der Waals surface area contributed by atoms with Gasteiger partial charge in [0.1, 0.15) is 0 Å². The van der Waals surface area contributed by atoms with Crippen LogP contribution >= 0.6 is 0 Å². The minimum Gasteiger partial charge on any atom is -0.383 e. The summed E-state index contributed by atoms with van der Waals surface area (Å²) in [4.78, 5) is 2.56. The SMILES string of the molecule is COCCN(C(CN)c1cccc(C)c1C)C(C)C1CC1. The van der Waals surface area contributed by atoms with Crippen LogP contribution in [0.4, 0.5) is 0 Å². The lowest BCUT2D eigenvalue weighted by Gasteiger charge is -2.37. The van der Waals surface area contributed by atoms with E-state index in [2.05, 4.69) is 43.9 Å². The molecule has 0 amide bonds. The van der Waals surface area contributed by atoms with Gasteiger partial charge in [-0.05, 0) is 56.2 Å². The summed E-state index contributed by atoms with van der Waals surface area (Å²) in [5.74, 6) is 0.834. The summed E-state index contributed by atoms with van der Waals surface area (Å²) in [5, 5.41) is 0. The summed E-state index contributed by atoms with van der Waals surface area (Å²) in [5.41, 5.74) is 10.3. The summed E-state index contributed by atoms with van der Waals surface area (Å²) >= 11 is 0. The van der Waals surface area contributed by atoms with E-state index in [0.29, 0.717) is 12.6 Å². The molecule has 0 radical (unpaired) electrons. The van der Waals surface area contributed by atoms with Gasteiger partial charge in [-0.1, -0.05) is 18.2 Å². The number of nitrogens with zero attached hydrogens (tertiary/aromatic N) is 1. The fourth-order valence-corrected chi connectivity index (χ4v) is 3.27. The monoisotopic (exact) mass is 290 g/mol. The molecule has 0 saturated heterocycles. The zero-order valence-electron chi connectivity index (χ0n) is 13.9. The Kier molecular flexibility index (Phi) is 5.80. The van der Waals surface area contributed by atoms with Crippen LogP contribution in [-0.2, 0) is 4.74 Å². The van der Waals surface area contributed by atoms with E-state index in [9.17, 15) is 0 Å². The Morgan fingerprint density at radius 3 is 2.62 bits per heavy atom. The maximum absolute atomic E-state index is 6.17. The topological polar surface area (TPSA) is 38.5 Å². The normalized spacial score (nSPS) is 18.0. The average Bonchev–Trinajstić information content (AvgIpc) is 3.31. The predicted octanol–water partition coefficient (Wildman–Crippen LogP) is 3.05. The molecule has 0 heterocycles. The Balaban J connectivity index is 2.26. The number of benzene rings is 1. The molecule has 2 unspecified atom stereocenters. The molecule has 3 heteroatoms.